The van der Waals surface area contributed by atoms with Crippen LogP contribution in [0.25, 0.3) is 0 Å². The number of para-hydroxylation sites is 1. The van der Waals surface area contributed by atoms with E-state index in [0.29, 0.717) is 6.54 Å². The molecule has 0 aromatic heterocycles. The first-order chi connectivity index (χ1) is 8.86. The topological polar surface area (TPSA) is 67.4 Å². The van der Waals surface area contributed by atoms with E-state index in [4.69, 9.17) is 4.74 Å². The lowest BCUT2D eigenvalue weighted by molar-refractivity contribution is 0.0974. The molecule has 0 amide bonds. The summed E-state index contributed by atoms with van der Waals surface area (Å²) in [6.07, 6.45) is 0. The van der Waals surface area contributed by atoms with E-state index in [2.05, 4.69) is 10.0 Å². The van der Waals surface area contributed by atoms with Crippen LogP contribution in [0.5, 0.6) is 5.75 Å². The van der Waals surface area contributed by atoms with E-state index < -0.39 is 10.0 Å². The molecule has 5 nitrogen and oxygen atoms in total. The predicted molar refractivity (Wildman–Crippen MR) is 74.7 cm³/mol. The Kier molecular flexibility index (Phi) is 3.85. The minimum atomic E-state index is -3.18. The first-order valence-corrected chi connectivity index (χ1v) is 7.93. The molecule has 0 aliphatic carbocycles. The highest BCUT2D eigenvalue weighted by Crippen LogP contribution is 2.42. The fourth-order valence-corrected chi connectivity index (χ4v) is 2.91. The van der Waals surface area contributed by atoms with E-state index in [0.717, 1.165) is 11.3 Å². The largest absolute Gasteiger partial charge is 0.486 e. The highest BCUT2D eigenvalue weighted by molar-refractivity contribution is 7.89. The summed E-state index contributed by atoms with van der Waals surface area (Å²) in [6.45, 7) is 4.38. The number of benzene rings is 1. The number of hydrogen-bond acceptors (Lipinski definition) is 4. The van der Waals surface area contributed by atoms with Gasteiger partial charge >= 0.3 is 0 Å². The normalized spacial score (nSPS) is 20.9. The quantitative estimate of drug-likeness (QED) is 0.848. The van der Waals surface area contributed by atoms with Gasteiger partial charge in [0.1, 0.15) is 11.4 Å². The molecule has 0 bridgehead atoms. The third kappa shape index (κ3) is 3.08. The molecular weight excluding hydrogens is 264 g/mol. The Bertz CT molecular complexity index is 555. The van der Waals surface area contributed by atoms with Gasteiger partial charge in [0.05, 0.1) is 11.8 Å². The summed E-state index contributed by atoms with van der Waals surface area (Å²) >= 11 is 0. The predicted octanol–water partition coefficient (Wildman–Crippen LogP) is 1.04. The third-order valence-corrected chi connectivity index (χ3v) is 4.69. The van der Waals surface area contributed by atoms with Gasteiger partial charge in [0.2, 0.25) is 10.0 Å². The van der Waals surface area contributed by atoms with Crippen molar-refractivity contribution in [3.63, 3.8) is 0 Å². The first kappa shape index (κ1) is 14.3. The molecule has 0 radical (unpaired) electrons. The number of fused-ring (bicyclic) bond motifs is 1. The number of ether oxygens (including phenoxy) is 1. The average Bonchev–Trinajstić information content (AvgIpc) is 2.60. The highest BCUT2D eigenvalue weighted by Gasteiger charge is 2.40. The van der Waals surface area contributed by atoms with E-state index in [1.807, 2.05) is 38.1 Å². The molecule has 1 unspecified atom stereocenters. The molecule has 0 saturated heterocycles. The Hall–Kier alpha value is -1.11. The zero-order valence-corrected chi connectivity index (χ0v) is 12.3. The lowest BCUT2D eigenvalue weighted by atomic mass is 9.94. The van der Waals surface area contributed by atoms with Crippen molar-refractivity contribution in [2.45, 2.75) is 25.5 Å². The van der Waals surface area contributed by atoms with Crippen LogP contribution in [0.2, 0.25) is 0 Å². The maximum absolute atomic E-state index is 11.4. The van der Waals surface area contributed by atoms with Crippen molar-refractivity contribution in [1.29, 1.82) is 0 Å². The van der Waals surface area contributed by atoms with Crippen LogP contribution in [-0.4, -0.2) is 33.4 Å². The number of nitrogens with one attached hydrogen (secondary N) is 2. The lowest BCUT2D eigenvalue weighted by Gasteiger charge is -2.27. The number of sulfonamides is 1. The summed E-state index contributed by atoms with van der Waals surface area (Å²) < 4.78 is 31.0. The van der Waals surface area contributed by atoms with Gasteiger partial charge in [-0.1, -0.05) is 18.2 Å². The van der Waals surface area contributed by atoms with E-state index in [-0.39, 0.29) is 17.4 Å². The monoisotopic (exact) mass is 284 g/mol. The lowest BCUT2D eigenvalue weighted by Crippen LogP contribution is -2.41. The highest BCUT2D eigenvalue weighted by atomic mass is 32.2. The number of hydrogen-bond donors (Lipinski definition) is 2. The van der Waals surface area contributed by atoms with Gasteiger partial charge in [0.25, 0.3) is 0 Å². The summed E-state index contributed by atoms with van der Waals surface area (Å²) in [5.41, 5.74) is 0.696. The standard InChI is InChI=1S/C13H20N2O3S/c1-13(2)12(15-8-9-19(16,17)14-3)10-6-4-5-7-11(10)18-13/h4-7,12,14-15H,8-9H2,1-3H3. The average molecular weight is 284 g/mol. The van der Waals surface area contributed by atoms with Crippen LogP contribution < -0.4 is 14.8 Å². The Balaban J connectivity index is 2.07. The zero-order valence-electron chi connectivity index (χ0n) is 11.4. The van der Waals surface area contributed by atoms with Gasteiger partial charge in [-0.2, -0.15) is 0 Å². The molecule has 1 aliphatic rings. The molecule has 2 rings (SSSR count). The van der Waals surface area contributed by atoms with Gasteiger partial charge in [0.15, 0.2) is 0 Å². The minimum absolute atomic E-state index is 0.00393. The summed E-state index contributed by atoms with van der Waals surface area (Å²) in [6, 6.07) is 7.83. The molecule has 2 N–H and O–H groups in total. The van der Waals surface area contributed by atoms with Crippen LogP contribution in [0.15, 0.2) is 24.3 Å². The van der Waals surface area contributed by atoms with E-state index in [1.54, 1.807) is 0 Å². The van der Waals surface area contributed by atoms with Crippen LogP contribution >= 0.6 is 0 Å². The third-order valence-electron chi connectivity index (χ3n) is 3.33. The molecule has 1 aromatic carbocycles. The summed E-state index contributed by atoms with van der Waals surface area (Å²) in [4.78, 5) is 0. The second kappa shape index (κ2) is 5.11. The van der Waals surface area contributed by atoms with Crippen molar-refractivity contribution in [2.24, 2.45) is 0 Å². The first-order valence-electron chi connectivity index (χ1n) is 6.28. The molecule has 106 valence electrons. The van der Waals surface area contributed by atoms with Crippen LogP contribution in [0.1, 0.15) is 25.5 Å². The Morgan fingerprint density at radius 2 is 2.00 bits per heavy atom. The molecule has 19 heavy (non-hydrogen) atoms. The van der Waals surface area contributed by atoms with E-state index >= 15 is 0 Å². The fourth-order valence-electron chi connectivity index (χ4n) is 2.32. The molecular formula is C13H20N2O3S. The maximum atomic E-state index is 11.4. The fraction of sp³-hybridized carbons (Fsp3) is 0.538. The SMILES string of the molecule is CNS(=O)(=O)CCNC1c2ccccc2OC1(C)C. The van der Waals surface area contributed by atoms with Crippen LogP contribution in [0, 0.1) is 0 Å². The van der Waals surface area contributed by atoms with Gasteiger partial charge in [0, 0.05) is 12.1 Å². The van der Waals surface area contributed by atoms with Gasteiger partial charge in [-0.3, -0.25) is 0 Å². The molecule has 1 atom stereocenters. The van der Waals surface area contributed by atoms with Gasteiger partial charge in [-0.05, 0) is 27.0 Å². The van der Waals surface area contributed by atoms with Gasteiger partial charge in [-0.25, -0.2) is 13.1 Å². The molecule has 0 fully saturated rings. The second-order valence-corrected chi connectivity index (χ2v) is 7.20. The van der Waals surface area contributed by atoms with Gasteiger partial charge < -0.3 is 10.1 Å². The van der Waals surface area contributed by atoms with Crippen molar-refractivity contribution < 1.29 is 13.2 Å². The minimum Gasteiger partial charge on any atom is -0.486 e. The molecule has 1 heterocycles. The van der Waals surface area contributed by atoms with Crippen LogP contribution in [-0.2, 0) is 10.0 Å². The summed E-state index contributed by atoms with van der Waals surface area (Å²) in [7, 11) is -1.76. The smallest absolute Gasteiger partial charge is 0.212 e. The molecule has 0 saturated carbocycles. The zero-order chi connectivity index (χ0) is 14.1. The van der Waals surface area contributed by atoms with E-state index in [1.165, 1.54) is 7.05 Å². The van der Waals surface area contributed by atoms with Crippen molar-refractivity contribution >= 4 is 10.0 Å². The molecule has 1 aliphatic heterocycles. The van der Waals surface area contributed by atoms with Crippen molar-refractivity contribution in [3.8, 4) is 5.75 Å². The summed E-state index contributed by atoms with van der Waals surface area (Å²) in [5, 5.41) is 3.27. The number of rotatable bonds is 5. The Morgan fingerprint density at radius 3 is 2.68 bits per heavy atom. The van der Waals surface area contributed by atoms with Crippen LogP contribution in [0.3, 0.4) is 0 Å². The maximum Gasteiger partial charge on any atom is 0.212 e. The van der Waals surface area contributed by atoms with Crippen LogP contribution in [0.4, 0.5) is 0 Å². The molecule has 0 spiro atoms. The van der Waals surface area contributed by atoms with Crippen molar-refractivity contribution in [1.82, 2.24) is 10.0 Å². The Morgan fingerprint density at radius 1 is 1.32 bits per heavy atom. The second-order valence-electron chi connectivity index (χ2n) is 5.15. The Labute approximate surface area is 114 Å². The van der Waals surface area contributed by atoms with Crippen molar-refractivity contribution in [3.05, 3.63) is 29.8 Å². The van der Waals surface area contributed by atoms with Gasteiger partial charge in [-0.15, -0.1) is 0 Å². The summed E-state index contributed by atoms with van der Waals surface area (Å²) in [5.74, 6) is 0.916. The van der Waals surface area contributed by atoms with Crippen molar-refractivity contribution in [2.75, 3.05) is 19.3 Å². The molecule has 6 heteroatoms. The van der Waals surface area contributed by atoms with E-state index in [9.17, 15) is 8.42 Å². The molecule has 1 aromatic rings.